The van der Waals surface area contributed by atoms with Crippen molar-refractivity contribution in [3.8, 4) is 0 Å². The molecule has 0 saturated heterocycles. The van der Waals surface area contributed by atoms with Gasteiger partial charge in [-0.25, -0.2) is 26.7 Å². The van der Waals surface area contributed by atoms with Crippen LogP contribution in [-0.2, 0) is 31.3 Å². The van der Waals surface area contributed by atoms with E-state index in [9.17, 15) is 21.6 Å². The number of benzene rings is 1. The summed E-state index contributed by atoms with van der Waals surface area (Å²) in [6.07, 6.45) is 0.467. The molecule has 11 heteroatoms. The molecule has 1 amide bonds. The van der Waals surface area contributed by atoms with Crippen LogP contribution in [-0.4, -0.2) is 35.8 Å². The van der Waals surface area contributed by atoms with Crippen LogP contribution in [0.1, 0.15) is 5.56 Å². The van der Waals surface area contributed by atoms with Gasteiger partial charge in [-0.15, -0.1) is 11.3 Å². The maximum absolute atomic E-state index is 11.9. The number of carbonyl (C=O) groups is 1. The Bertz CT molecular complexity index is 921. The molecule has 1 aromatic heterocycles. The first kappa shape index (κ1) is 19.5. The van der Waals surface area contributed by atoms with Crippen molar-refractivity contribution in [1.29, 1.82) is 0 Å². The predicted octanol–water partition coefficient (Wildman–Crippen LogP) is 0.0327. The lowest BCUT2D eigenvalue weighted by Crippen LogP contribution is -2.37. The van der Waals surface area contributed by atoms with E-state index in [-0.39, 0.29) is 22.2 Å². The Labute approximate surface area is 150 Å². The average molecular weight is 404 g/mol. The number of amides is 1. The number of carbonyl (C=O) groups excluding carboxylic acids is 1. The third-order valence-corrected chi connectivity index (χ3v) is 6.90. The molecule has 0 atom stereocenters. The number of thiophene rings is 1. The highest BCUT2D eigenvalue weighted by atomic mass is 32.2. The highest BCUT2D eigenvalue weighted by Gasteiger charge is 2.16. The SMILES string of the molecule is NS(=O)(=O)c1ccc(CCNC(=O)CNS(=O)(=O)c2cccs2)cc1. The van der Waals surface area contributed by atoms with E-state index in [4.69, 9.17) is 5.14 Å². The molecule has 0 aliphatic heterocycles. The van der Waals surface area contributed by atoms with Crippen LogP contribution in [0.3, 0.4) is 0 Å². The summed E-state index contributed by atoms with van der Waals surface area (Å²) in [5, 5.41) is 9.23. The summed E-state index contributed by atoms with van der Waals surface area (Å²) < 4.78 is 48.4. The summed E-state index contributed by atoms with van der Waals surface area (Å²) in [4.78, 5) is 11.7. The van der Waals surface area contributed by atoms with Crippen molar-refractivity contribution in [2.24, 2.45) is 5.14 Å². The minimum Gasteiger partial charge on any atom is -0.355 e. The third kappa shape index (κ3) is 5.90. The van der Waals surface area contributed by atoms with Gasteiger partial charge in [-0.1, -0.05) is 18.2 Å². The summed E-state index contributed by atoms with van der Waals surface area (Å²) in [6, 6.07) is 9.05. The first-order chi connectivity index (χ1) is 11.7. The Kier molecular flexibility index (Phi) is 6.30. The number of rotatable bonds is 8. The molecule has 0 bridgehead atoms. The molecule has 0 aliphatic rings. The quantitative estimate of drug-likeness (QED) is 0.571. The second-order valence-electron chi connectivity index (χ2n) is 5.05. The van der Waals surface area contributed by atoms with E-state index in [2.05, 4.69) is 10.0 Å². The van der Waals surface area contributed by atoms with Crippen LogP contribution in [0.15, 0.2) is 50.9 Å². The van der Waals surface area contributed by atoms with Crippen LogP contribution in [0.25, 0.3) is 0 Å². The first-order valence-electron chi connectivity index (χ1n) is 7.10. The van der Waals surface area contributed by atoms with Crippen molar-refractivity contribution >= 4 is 37.3 Å². The minimum atomic E-state index is -3.73. The molecule has 8 nitrogen and oxygen atoms in total. The molecule has 25 heavy (non-hydrogen) atoms. The van der Waals surface area contributed by atoms with Gasteiger partial charge in [0.05, 0.1) is 11.4 Å². The van der Waals surface area contributed by atoms with Gasteiger partial charge in [-0.3, -0.25) is 4.79 Å². The Balaban J connectivity index is 1.77. The molecule has 0 saturated carbocycles. The lowest BCUT2D eigenvalue weighted by atomic mass is 10.1. The van der Waals surface area contributed by atoms with E-state index in [1.807, 2.05) is 0 Å². The second kappa shape index (κ2) is 8.06. The Morgan fingerprint density at radius 1 is 1.08 bits per heavy atom. The monoisotopic (exact) mass is 403 g/mol. The average Bonchev–Trinajstić information content (AvgIpc) is 3.08. The second-order valence-corrected chi connectivity index (χ2v) is 9.55. The van der Waals surface area contributed by atoms with Crippen molar-refractivity contribution in [3.63, 3.8) is 0 Å². The van der Waals surface area contributed by atoms with Crippen LogP contribution in [0, 0.1) is 0 Å². The number of sulfonamides is 2. The highest BCUT2D eigenvalue weighted by molar-refractivity contribution is 7.91. The van der Waals surface area contributed by atoms with E-state index < -0.39 is 26.0 Å². The van der Waals surface area contributed by atoms with Crippen molar-refractivity contribution < 1.29 is 21.6 Å². The normalized spacial score (nSPS) is 12.0. The van der Waals surface area contributed by atoms with Gasteiger partial charge in [0, 0.05) is 6.54 Å². The molecule has 0 radical (unpaired) electrons. The fraction of sp³-hybridized carbons (Fsp3) is 0.214. The first-order valence-corrected chi connectivity index (χ1v) is 11.0. The standard InChI is InChI=1S/C14H17N3O5S3/c15-24(19,20)12-5-3-11(4-6-12)7-8-16-13(18)10-17-25(21,22)14-2-1-9-23-14/h1-6,9,17H,7-8,10H2,(H,16,18)(H2,15,19,20). The molecule has 0 fully saturated rings. The molecule has 4 N–H and O–H groups in total. The van der Waals surface area contributed by atoms with Gasteiger partial charge in [-0.05, 0) is 35.6 Å². The number of nitrogens with two attached hydrogens (primary N) is 1. The summed E-state index contributed by atoms with van der Waals surface area (Å²) >= 11 is 1.07. The zero-order valence-corrected chi connectivity index (χ0v) is 15.5. The molecular formula is C14H17N3O5S3. The van der Waals surface area contributed by atoms with Crippen LogP contribution >= 0.6 is 11.3 Å². The van der Waals surface area contributed by atoms with Gasteiger partial charge >= 0.3 is 0 Å². The summed E-state index contributed by atoms with van der Waals surface area (Å²) in [7, 11) is -7.40. The topological polar surface area (TPSA) is 135 Å². The molecule has 0 spiro atoms. The Hall–Kier alpha value is -1.79. The van der Waals surface area contributed by atoms with Crippen molar-refractivity contribution in [3.05, 3.63) is 47.3 Å². The van der Waals surface area contributed by atoms with Crippen LogP contribution in [0.2, 0.25) is 0 Å². The predicted molar refractivity (Wildman–Crippen MR) is 94.0 cm³/mol. The molecule has 136 valence electrons. The lowest BCUT2D eigenvalue weighted by Gasteiger charge is -2.07. The molecule has 1 aromatic carbocycles. The van der Waals surface area contributed by atoms with Gasteiger partial charge in [0.15, 0.2) is 0 Å². The maximum atomic E-state index is 11.9. The van der Waals surface area contributed by atoms with E-state index in [0.717, 1.165) is 16.9 Å². The van der Waals surface area contributed by atoms with E-state index >= 15 is 0 Å². The fourth-order valence-electron chi connectivity index (χ4n) is 1.90. The van der Waals surface area contributed by atoms with E-state index in [1.54, 1.807) is 23.6 Å². The molecule has 2 aromatic rings. The van der Waals surface area contributed by atoms with Crippen molar-refractivity contribution in [1.82, 2.24) is 10.0 Å². The number of hydrogen-bond acceptors (Lipinski definition) is 6. The van der Waals surface area contributed by atoms with E-state index in [0.29, 0.717) is 6.42 Å². The molecular weight excluding hydrogens is 386 g/mol. The van der Waals surface area contributed by atoms with Gasteiger partial charge in [0.25, 0.3) is 10.0 Å². The number of primary sulfonamides is 1. The Morgan fingerprint density at radius 3 is 2.32 bits per heavy atom. The molecule has 2 rings (SSSR count). The maximum Gasteiger partial charge on any atom is 0.250 e. The van der Waals surface area contributed by atoms with Crippen molar-refractivity contribution in [2.75, 3.05) is 13.1 Å². The van der Waals surface area contributed by atoms with Crippen LogP contribution in [0.5, 0.6) is 0 Å². The van der Waals surface area contributed by atoms with Gasteiger partial charge in [-0.2, -0.15) is 0 Å². The lowest BCUT2D eigenvalue weighted by molar-refractivity contribution is -0.119. The smallest absolute Gasteiger partial charge is 0.250 e. The summed E-state index contributed by atoms with van der Waals surface area (Å²) in [5.74, 6) is -0.457. The zero-order valence-electron chi connectivity index (χ0n) is 13.0. The minimum absolute atomic E-state index is 0.0169. The third-order valence-electron chi connectivity index (χ3n) is 3.17. The summed E-state index contributed by atoms with van der Waals surface area (Å²) in [6.45, 7) is -0.0706. The number of nitrogens with one attached hydrogen (secondary N) is 2. The molecule has 0 aliphatic carbocycles. The van der Waals surface area contributed by atoms with E-state index in [1.165, 1.54) is 18.2 Å². The van der Waals surface area contributed by atoms with Gasteiger partial charge in [0.1, 0.15) is 4.21 Å². The zero-order chi connectivity index (χ0) is 18.5. The van der Waals surface area contributed by atoms with Gasteiger partial charge < -0.3 is 5.32 Å². The Morgan fingerprint density at radius 2 is 1.76 bits per heavy atom. The van der Waals surface area contributed by atoms with Crippen molar-refractivity contribution in [2.45, 2.75) is 15.5 Å². The molecule has 0 unspecified atom stereocenters. The largest absolute Gasteiger partial charge is 0.355 e. The number of hydrogen-bond donors (Lipinski definition) is 3. The van der Waals surface area contributed by atoms with Crippen LogP contribution < -0.4 is 15.2 Å². The van der Waals surface area contributed by atoms with Gasteiger partial charge in [0.2, 0.25) is 15.9 Å². The fourth-order valence-corrected chi connectivity index (χ4v) is 4.44. The highest BCUT2D eigenvalue weighted by Crippen LogP contribution is 2.14. The summed E-state index contributed by atoms with van der Waals surface area (Å²) in [5.41, 5.74) is 0.812. The van der Waals surface area contributed by atoms with Crippen LogP contribution in [0.4, 0.5) is 0 Å². The molecule has 1 heterocycles.